The lowest BCUT2D eigenvalue weighted by Gasteiger charge is -2.07. The molecular formula is C12H17NO4. The molecule has 0 saturated heterocycles. The van der Waals surface area contributed by atoms with E-state index in [4.69, 9.17) is 14.6 Å². The molecule has 0 aliphatic rings. The number of hydrogen-bond donors (Lipinski definition) is 1. The highest BCUT2D eigenvalue weighted by atomic mass is 16.5. The second kappa shape index (κ2) is 6.85. The number of ether oxygens (including phenoxy) is 2. The lowest BCUT2D eigenvalue weighted by molar-refractivity contribution is 0.0695. The van der Waals surface area contributed by atoms with Crippen LogP contribution < -0.4 is 4.74 Å². The molecule has 0 unspecified atom stereocenters. The number of nitrogens with zero attached hydrogens (tertiary/aromatic N) is 1. The van der Waals surface area contributed by atoms with Crippen molar-refractivity contribution in [2.75, 3.05) is 19.8 Å². The molecule has 1 rings (SSSR count). The number of carbonyl (C=O) groups is 1. The number of rotatable bonds is 7. The van der Waals surface area contributed by atoms with E-state index in [2.05, 4.69) is 4.98 Å². The van der Waals surface area contributed by atoms with Gasteiger partial charge in [0.15, 0.2) is 0 Å². The Morgan fingerprint density at radius 2 is 2.12 bits per heavy atom. The van der Waals surface area contributed by atoms with Crippen molar-refractivity contribution in [3.8, 4) is 5.88 Å². The first-order chi connectivity index (χ1) is 8.17. The van der Waals surface area contributed by atoms with Gasteiger partial charge < -0.3 is 14.6 Å². The van der Waals surface area contributed by atoms with Crippen molar-refractivity contribution in [3.63, 3.8) is 0 Å². The van der Waals surface area contributed by atoms with Gasteiger partial charge in [0, 0.05) is 18.4 Å². The molecule has 0 aliphatic carbocycles. The lowest BCUT2D eigenvalue weighted by Crippen LogP contribution is -2.09. The molecule has 0 radical (unpaired) electrons. The zero-order valence-electron chi connectivity index (χ0n) is 10.1. The number of carboxylic acid groups (broad SMARTS) is 1. The van der Waals surface area contributed by atoms with Crippen LogP contribution in [0, 0.1) is 0 Å². The summed E-state index contributed by atoms with van der Waals surface area (Å²) >= 11 is 0. The van der Waals surface area contributed by atoms with E-state index in [9.17, 15) is 4.79 Å². The second-order valence-electron chi connectivity index (χ2n) is 3.39. The number of aromatic carboxylic acids is 1. The van der Waals surface area contributed by atoms with Gasteiger partial charge >= 0.3 is 5.97 Å². The minimum atomic E-state index is -0.975. The molecule has 0 fully saturated rings. The van der Waals surface area contributed by atoms with E-state index >= 15 is 0 Å². The van der Waals surface area contributed by atoms with Gasteiger partial charge in [-0.25, -0.2) is 9.78 Å². The Morgan fingerprint density at radius 1 is 1.35 bits per heavy atom. The van der Waals surface area contributed by atoms with Crippen molar-refractivity contribution < 1.29 is 19.4 Å². The Labute approximate surface area is 100 Å². The van der Waals surface area contributed by atoms with Crippen molar-refractivity contribution in [3.05, 3.63) is 23.4 Å². The van der Waals surface area contributed by atoms with Gasteiger partial charge in [0.25, 0.3) is 0 Å². The van der Waals surface area contributed by atoms with E-state index in [0.717, 1.165) is 0 Å². The predicted molar refractivity (Wildman–Crippen MR) is 62.6 cm³/mol. The second-order valence-corrected chi connectivity index (χ2v) is 3.39. The van der Waals surface area contributed by atoms with E-state index in [-0.39, 0.29) is 5.56 Å². The summed E-state index contributed by atoms with van der Waals surface area (Å²) in [6, 6.07) is 2.98. The molecule has 1 N–H and O–H groups in total. The average Bonchev–Trinajstić information content (AvgIpc) is 2.34. The van der Waals surface area contributed by atoms with Crippen molar-refractivity contribution in [1.29, 1.82) is 0 Å². The minimum absolute atomic E-state index is 0.197. The molecule has 1 aromatic rings. The van der Waals surface area contributed by atoms with Crippen LogP contribution in [0.4, 0.5) is 0 Å². The van der Waals surface area contributed by atoms with E-state index in [0.29, 0.717) is 37.8 Å². The standard InChI is InChI=1S/C12H17NO4/c1-3-10-7-9(12(14)15)8-11(13-10)17-6-5-16-4-2/h7-8H,3-6H2,1-2H3,(H,14,15). The SMILES string of the molecule is CCOCCOc1cc(C(=O)O)cc(CC)n1. The largest absolute Gasteiger partial charge is 0.478 e. The van der Waals surface area contributed by atoms with Crippen LogP contribution in [0.1, 0.15) is 29.9 Å². The fourth-order valence-electron chi connectivity index (χ4n) is 1.29. The summed E-state index contributed by atoms with van der Waals surface area (Å²) in [6.45, 7) is 5.28. The van der Waals surface area contributed by atoms with Crippen LogP contribution in [-0.2, 0) is 11.2 Å². The Morgan fingerprint density at radius 3 is 2.71 bits per heavy atom. The molecule has 0 amide bonds. The van der Waals surface area contributed by atoms with Crippen LogP contribution in [-0.4, -0.2) is 35.9 Å². The van der Waals surface area contributed by atoms with Crippen molar-refractivity contribution >= 4 is 5.97 Å². The van der Waals surface area contributed by atoms with E-state index in [1.54, 1.807) is 6.07 Å². The van der Waals surface area contributed by atoms with Gasteiger partial charge in [-0.2, -0.15) is 0 Å². The molecule has 94 valence electrons. The van der Waals surface area contributed by atoms with Gasteiger partial charge in [0.05, 0.1) is 12.2 Å². The smallest absolute Gasteiger partial charge is 0.335 e. The monoisotopic (exact) mass is 239 g/mol. The molecule has 17 heavy (non-hydrogen) atoms. The quantitative estimate of drug-likeness (QED) is 0.734. The summed E-state index contributed by atoms with van der Waals surface area (Å²) in [7, 11) is 0. The Kier molecular flexibility index (Phi) is 5.42. The highest BCUT2D eigenvalue weighted by Gasteiger charge is 2.08. The molecule has 5 heteroatoms. The van der Waals surface area contributed by atoms with Crippen LogP contribution >= 0.6 is 0 Å². The lowest BCUT2D eigenvalue weighted by atomic mass is 10.2. The molecule has 1 aromatic heterocycles. The molecule has 0 bridgehead atoms. The highest BCUT2D eigenvalue weighted by molar-refractivity contribution is 5.88. The maximum Gasteiger partial charge on any atom is 0.335 e. The van der Waals surface area contributed by atoms with Gasteiger partial charge in [-0.15, -0.1) is 0 Å². The van der Waals surface area contributed by atoms with E-state index in [1.165, 1.54) is 6.07 Å². The topological polar surface area (TPSA) is 68.7 Å². The number of carboxylic acids is 1. The Hall–Kier alpha value is -1.62. The fourth-order valence-corrected chi connectivity index (χ4v) is 1.29. The summed E-state index contributed by atoms with van der Waals surface area (Å²) in [4.78, 5) is 15.1. The van der Waals surface area contributed by atoms with E-state index in [1.807, 2.05) is 13.8 Å². The predicted octanol–water partition coefficient (Wildman–Crippen LogP) is 1.76. The summed E-state index contributed by atoms with van der Waals surface area (Å²) in [5.41, 5.74) is 0.902. The number of aromatic nitrogens is 1. The summed E-state index contributed by atoms with van der Waals surface area (Å²) < 4.78 is 10.5. The van der Waals surface area contributed by atoms with Crippen molar-refractivity contribution in [1.82, 2.24) is 4.98 Å². The molecular weight excluding hydrogens is 222 g/mol. The van der Waals surface area contributed by atoms with E-state index < -0.39 is 5.97 Å². The van der Waals surface area contributed by atoms with Crippen molar-refractivity contribution in [2.45, 2.75) is 20.3 Å². The third kappa shape index (κ3) is 4.40. The molecule has 0 spiro atoms. The van der Waals surface area contributed by atoms with Gasteiger partial charge in [-0.1, -0.05) is 6.92 Å². The average molecular weight is 239 g/mol. The summed E-state index contributed by atoms with van der Waals surface area (Å²) in [5, 5.41) is 8.93. The first-order valence-electron chi connectivity index (χ1n) is 5.62. The summed E-state index contributed by atoms with van der Waals surface area (Å²) in [6.07, 6.45) is 0.670. The Balaban J connectivity index is 2.70. The molecule has 0 atom stereocenters. The van der Waals surface area contributed by atoms with Gasteiger partial charge in [-0.3, -0.25) is 0 Å². The minimum Gasteiger partial charge on any atom is -0.478 e. The van der Waals surface area contributed by atoms with Crippen molar-refractivity contribution in [2.24, 2.45) is 0 Å². The zero-order valence-corrected chi connectivity index (χ0v) is 10.1. The number of pyridine rings is 1. The maximum atomic E-state index is 10.9. The number of hydrogen-bond acceptors (Lipinski definition) is 4. The maximum absolute atomic E-state index is 10.9. The number of aryl methyl sites for hydroxylation is 1. The summed E-state index contributed by atoms with van der Waals surface area (Å²) in [5.74, 6) is -0.641. The van der Waals surface area contributed by atoms with Gasteiger partial charge in [-0.05, 0) is 19.4 Å². The molecule has 5 nitrogen and oxygen atoms in total. The third-order valence-electron chi connectivity index (χ3n) is 2.15. The van der Waals surface area contributed by atoms with Gasteiger partial charge in [0.2, 0.25) is 5.88 Å². The normalized spacial score (nSPS) is 10.2. The highest BCUT2D eigenvalue weighted by Crippen LogP contribution is 2.13. The van der Waals surface area contributed by atoms with Crippen LogP contribution in [0.25, 0.3) is 0 Å². The molecule has 0 aromatic carbocycles. The zero-order chi connectivity index (χ0) is 12.7. The third-order valence-corrected chi connectivity index (χ3v) is 2.15. The molecule has 0 saturated carbocycles. The first-order valence-corrected chi connectivity index (χ1v) is 5.62. The first kappa shape index (κ1) is 13.4. The van der Waals surface area contributed by atoms with Crippen LogP contribution in [0.15, 0.2) is 12.1 Å². The Bertz CT molecular complexity index is 379. The van der Waals surface area contributed by atoms with Crippen LogP contribution in [0.3, 0.4) is 0 Å². The molecule has 0 aliphatic heterocycles. The fraction of sp³-hybridized carbons (Fsp3) is 0.500. The van der Waals surface area contributed by atoms with Crippen LogP contribution in [0.2, 0.25) is 0 Å². The molecule has 1 heterocycles. The van der Waals surface area contributed by atoms with Crippen LogP contribution in [0.5, 0.6) is 5.88 Å². The van der Waals surface area contributed by atoms with Gasteiger partial charge in [0.1, 0.15) is 6.61 Å².